The van der Waals surface area contributed by atoms with Gasteiger partial charge in [-0.05, 0) is 116 Å². The third-order valence-corrected chi connectivity index (χ3v) is 14.0. The Morgan fingerprint density at radius 1 is 0.360 bits per heavy atom. The van der Waals surface area contributed by atoms with Crippen LogP contribution >= 0.6 is 0 Å². The van der Waals surface area contributed by atoms with Gasteiger partial charge in [0.25, 0.3) is 0 Å². The maximum Gasteiger partial charge on any atom is 0.0544 e. The van der Waals surface area contributed by atoms with Gasteiger partial charge in [0, 0.05) is 38.3 Å². The Hall–Kier alpha value is -5.08. The van der Waals surface area contributed by atoms with E-state index in [0.29, 0.717) is 0 Å². The van der Waals surface area contributed by atoms with E-state index in [9.17, 15) is 0 Å². The van der Waals surface area contributed by atoms with Gasteiger partial charge in [-0.2, -0.15) is 0 Å². The van der Waals surface area contributed by atoms with E-state index in [2.05, 4.69) is 186 Å². The summed E-state index contributed by atoms with van der Waals surface area (Å²) in [6.07, 6.45) is 0. The summed E-state index contributed by atoms with van der Waals surface area (Å²) in [5.74, 6) is 0. The summed E-state index contributed by atoms with van der Waals surface area (Å²) in [5, 5.41) is 5.28. The van der Waals surface area contributed by atoms with Crippen LogP contribution < -0.4 is 0 Å². The van der Waals surface area contributed by atoms with E-state index in [1.807, 2.05) is 0 Å². The Morgan fingerprint density at radius 2 is 0.760 bits per heavy atom. The number of fused-ring (bicyclic) bond motifs is 10. The third kappa shape index (κ3) is 3.45. The van der Waals surface area contributed by atoms with Crippen molar-refractivity contribution in [3.05, 3.63) is 144 Å². The first kappa shape index (κ1) is 29.8. The second-order valence-electron chi connectivity index (χ2n) is 17.1. The second kappa shape index (κ2) is 9.37. The molecule has 0 saturated carbocycles. The lowest BCUT2D eigenvalue weighted by atomic mass is 9.59. The van der Waals surface area contributed by atoms with Gasteiger partial charge >= 0.3 is 0 Å². The third-order valence-electron chi connectivity index (χ3n) is 14.0. The zero-order chi connectivity index (χ0) is 34.5. The maximum atomic E-state index is 2.56. The van der Waals surface area contributed by atoms with Crippen molar-refractivity contribution in [3.8, 4) is 22.5 Å². The topological polar surface area (TPSA) is 9.86 Å². The Balaban J connectivity index is 1.31. The first-order valence-electron chi connectivity index (χ1n) is 18.2. The van der Waals surface area contributed by atoms with Crippen molar-refractivity contribution >= 4 is 43.6 Å². The fourth-order valence-corrected chi connectivity index (χ4v) is 9.95. The highest BCUT2D eigenvalue weighted by molar-refractivity contribution is 6.15. The summed E-state index contributed by atoms with van der Waals surface area (Å²) in [4.78, 5) is 0. The van der Waals surface area contributed by atoms with E-state index in [-0.39, 0.29) is 21.7 Å². The SMILES string of the molecule is CC1(C)c2cc3c(cc2-c2cc4c5cc6c(cc5n(-c5ccccc5)c4cc21)C(C)(C)C(C)(C)C6(C)C)c1ccccc1n3-c1ccccc1. The second-order valence-corrected chi connectivity index (χ2v) is 17.1. The van der Waals surface area contributed by atoms with Crippen LogP contribution in [0.3, 0.4) is 0 Å². The molecular formula is C48H44N2. The Bertz CT molecular complexity index is 2730. The zero-order valence-corrected chi connectivity index (χ0v) is 30.4. The lowest BCUT2D eigenvalue weighted by molar-refractivity contribution is 0.125. The van der Waals surface area contributed by atoms with E-state index < -0.39 is 0 Å². The van der Waals surface area contributed by atoms with Crippen molar-refractivity contribution in [1.29, 1.82) is 0 Å². The van der Waals surface area contributed by atoms with Crippen molar-refractivity contribution in [1.82, 2.24) is 9.13 Å². The lowest BCUT2D eigenvalue weighted by Crippen LogP contribution is -2.42. The molecule has 0 radical (unpaired) electrons. The van der Waals surface area contributed by atoms with Crippen LogP contribution in [0, 0.1) is 5.41 Å². The number of hydrogen-bond acceptors (Lipinski definition) is 0. The number of benzene rings is 6. The monoisotopic (exact) mass is 648 g/mol. The van der Waals surface area contributed by atoms with Gasteiger partial charge in [-0.3, -0.25) is 0 Å². The van der Waals surface area contributed by atoms with Crippen LogP contribution in [0.1, 0.15) is 77.6 Å². The molecule has 0 unspecified atom stereocenters. The van der Waals surface area contributed by atoms with Crippen LogP contribution in [0.15, 0.2) is 121 Å². The van der Waals surface area contributed by atoms with Gasteiger partial charge in [0.2, 0.25) is 0 Å². The Morgan fingerprint density at radius 3 is 1.30 bits per heavy atom. The molecule has 0 amide bonds. The minimum atomic E-state index is -0.168. The van der Waals surface area contributed by atoms with Crippen molar-refractivity contribution in [2.75, 3.05) is 0 Å². The average Bonchev–Trinajstić information content (AvgIpc) is 3.71. The van der Waals surface area contributed by atoms with Crippen LogP contribution in [0.4, 0.5) is 0 Å². The zero-order valence-electron chi connectivity index (χ0n) is 30.4. The summed E-state index contributed by atoms with van der Waals surface area (Å²) >= 11 is 0. The summed E-state index contributed by atoms with van der Waals surface area (Å²) in [7, 11) is 0. The number of para-hydroxylation sites is 3. The molecule has 2 aliphatic rings. The van der Waals surface area contributed by atoms with Crippen LogP contribution in [-0.4, -0.2) is 9.13 Å². The number of rotatable bonds is 2. The molecule has 0 spiro atoms. The molecule has 2 aromatic heterocycles. The average molecular weight is 649 g/mol. The van der Waals surface area contributed by atoms with Gasteiger partial charge in [-0.25, -0.2) is 0 Å². The molecule has 10 rings (SSSR count). The molecule has 50 heavy (non-hydrogen) atoms. The normalized spacial score (nSPS) is 17.8. The first-order valence-corrected chi connectivity index (χ1v) is 18.2. The van der Waals surface area contributed by atoms with E-state index in [1.54, 1.807) is 0 Å². The maximum absolute atomic E-state index is 2.56. The molecule has 0 fully saturated rings. The highest BCUT2D eigenvalue weighted by Crippen LogP contribution is 2.62. The molecule has 0 aliphatic heterocycles. The smallest absolute Gasteiger partial charge is 0.0544 e. The van der Waals surface area contributed by atoms with Gasteiger partial charge in [0.05, 0.1) is 22.1 Å². The van der Waals surface area contributed by atoms with Crippen LogP contribution in [0.2, 0.25) is 0 Å². The lowest BCUT2D eigenvalue weighted by Gasteiger charge is -2.44. The van der Waals surface area contributed by atoms with Gasteiger partial charge in [0.15, 0.2) is 0 Å². The molecule has 0 atom stereocenters. The summed E-state index contributed by atoms with van der Waals surface area (Å²) in [6, 6.07) is 45.8. The van der Waals surface area contributed by atoms with Crippen LogP contribution in [-0.2, 0) is 16.2 Å². The molecule has 2 nitrogen and oxygen atoms in total. The fraction of sp³-hybridized carbons (Fsp3) is 0.250. The molecule has 0 saturated heterocycles. The quantitative estimate of drug-likeness (QED) is 0.177. The van der Waals surface area contributed by atoms with E-state index in [4.69, 9.17) is 0 Å². The van der Waals surface area contributed by atoms with E-state index in [0.717, 1.165) is 0 Å². The molecule has 0 N–H and O–H groups in total. The van der Waals surface area contributed by atoms with Gasteiger partial charge < -0.3 is 9.13 Å². The predicted molar refractivity (Wildman–Crippen MR) is 213 cm³/mol. The van der Waals surface area contributed by atoms with Gasteiger partial charge in [-0.1, -0.05) is 110 Å². The molecular weight excluding hydrogens is 605 g/mol. The minimum absolute atomic E-state index is 0.0327. The van der Waals surface area contributed by atoms with Crippen molar-refractivity contribution in [2.45, 2.75) is 71.6 Å². The Labute approximate surface area is 295 Å². The molecule has 2 aliphatic carbocycles. The summed E-state index contributed by atoms with van der Waals surface area (Å²) < 4.78 is 4.98. The van der Waals surface area contributed by atoms with Gasteiger partial charge in [0.1, 0.15) is 0 Å². The fourth-order valence-electron chi connectivity index (χ4n) is 9.95. The molecule has 8 aromatic rings. The summed E-state index contributed by atoms with van der Waals surface area (Å²) in [6.45, 7) is 19.6. The minimum Gasteiger partial charge on any atom is -0.309 e. The number of hydrogen-bond donors (Lipinski definition) is 0. The van der Waals surface area contributed by atoms with Crippen molar-refractivity contribution in [3.63, 3.8) is 0 Å². The van der Waals surface area contributed by atoms with Crippen molar-refractivity contribution < 1.29 is 0 Å². The van der Waals surface area contributed by atoms with E-state index in [1.165, 1.54) is 88.4 Å². The first-order chi connectivity index (χ1) is 23.8. The Kier molecular flexibility index (Phi) is 5.59. The standard InChI is InChI=1S/C48H44N2/c1-45(2)37-26-42-34(31-21-15-16-22-41(31)49(42)29-17-11-9-12-18-29)23-32(37)33-24-35-36-25-39-40(47(5,6)48(7,8)46(39,3)4)28-44(36)50(43(35)27-38(33)45)30-19-13-10-14-20-30/h9-28H,1-8H3. The van der Waals surface area contributed by atoms with Crippen LogP contribution in [0.25, 0.3) is 66.1 Å². The number of nitrogens with zero attached hydrogens (tertiary/aromatic N) is 2. The molecule has 0 bridgehead atoms. The van der Waals surface area contributed by atoms with E-state index >= 15 is 0 Å². The summed E-state index contributed by atoms with van der Waals surface area (Å²) in [5.41, 5.74) is 16.0. The highest BCUT2D eigenvalue weighted by atomic mass is 15.0. The molecule has 6 aromatic carbocycles. The van der Waals surface area contributed by atoms with Crippen molar-refractivity contribution in [2.24, 2.45) is 5.41 Å². The van der Waals surface area contributed by atoms with Crippen LogP contribution in [0.5, 0.6) is 0 Å². The molecule has 246 valence electrons. The molecule has 2 heteroatoms. The highest BCUT2D eigenvalue weighted by Gasteiger charge is 2.57. The largest absolute Gasteiger partial charge is 0.309 e. The van der Waals surface area contributed by atoms with Gasteiger partial charge in [-0.15, -0.1) is 0 Å². The molecule has 2 heterocycles. The number of aromatic nitrogens is 2. The predicted octanol–water partition coefficient (Wildman–Crippen LogP) is 12.8.